The van der Waals surface area contributed by atoms with E-state index in [0.29, 0.717) is 11.2 Å². The zero-order chi connectivity index (χ0) is 16.6. The van der Waals surface area contributed by atoms with Crippen molar-refractivity contribution in [3.05, 3.63) is 24.5 Å². The normalized spacial score (nSPS) is 28.2. The molecule has 3 heterocycles. The molecule has 1 saturated heterocycles. The van der Waals surface area contributed by atoms with Crippen LogP contribution in [0.4, 0.5) is 0 Å². The van der Waals surface area contributed by atoms with Gasteiger partial charge in [0.05, 0.1) is 18.5 Å². The van der Waals surface area contributed by atoms with Gasteiger partial charge in [-0.1, -0.05) is 0 Å². The Hall–Kier alpha value is -2.58. The standard InChI is InChI=1S/C13H14N6O4/c14-1-6(2-15)8-9-12(17-4-16-8)19(5-18-9)13-11(22)10(21)7(3-20)23-13/h1,4-5,7,10-11,13,20-22H,3,14H2/b6-1-/t7-,10-,11-,13-/m1/s1. The predicted molar refractivity (Wildman–Crippen MR) is 76.1 cm³/mol. The minimum absolute atomic E-state index is 0.129. The summed E-state index contributed by atoms with van der Waals surface area (Å²) >= 11 is 0. The molecule has 5 N–H and O–H groups in total. The first-order valence-electron chi connectivity index (χ1n) is 6.74. The summed E-state index contributed by atoms with van der Waals surface area (Å²) in [5.41, 5.74) is 6.40. The van der Waals surface area contributed by atoms with Gasteiger partial charge in [0.15, 0.2) is 11.9 Å². The summed E-state index contributed by atoms with van der Waals surface area (Å²) in [6, 6.07) is 1.91. The Bertz CT molecular complexity index is 797. The molecule has 4 atom stereocenters. The first-order chi connectivity index (χ1) is 11.1. The maximum absolute atomic E-state index is 10.1. The lowest BCUT2D eigenvalue weighted by Crippen LogP contribution is -2.33. The van der Waals surface area contributed by atoms with Gasteiger partial charge in [0.2, 0.25) is 0 Å². The number of hydrogen-bond acceptors (Lipinski definition) is 9. The van der Waals surface area contributed by atoms with Crippen LogP contribution >= 0.6 is 0 Å². The molecule has 3 rings (SSSR count). The molecule has 0 amide bonds. The van der Waals surface area contributed by atoms with Crippen molar-refractivity contribution in [2.75, 3.05) is 6.61 Å². The molecule has 2 aromatic rings. The van der Waals surface area contributed by atoms with Gasteiger partial charge in [-0.2, -0.15) is 5.26 Å². The quantitative estimate of drug-likeness (QED) is 0.481. The minimum Gasteiger partial charge on any atom is -0.403 e. The molecule has 120 valence electrons. The second-order valence-electron chi connectivity index (χ2n) is 4.97. The molecular formula is C13H14N6O4. The Kier molecular flexibility index (Phi) is 3.93. The van der Waals surface area contributed by atoms with Gasteiger partial charge >= 0.3 is 0 Å². The third-order valence-corrected chi connectivity index (χ3v) is 3.69. The van der Waals surface area contributed by atoms with Crippen molar-refractivity contribution >= 4 is 16.7 Å². The van der Waals surface area contributed by atoms with E-state index in [1.807, 2.05) is 6.07 Å². The van der Waals surface area contributed by atoms with Gasteiger partial charge < -0.3 is 25.8 Å². The van der Waals surface area contributed by atoms with Crippen LogP contribution in [0.5, 0.6) is 0 Å². The van der Waals surface area contributed by atoms with E-state index in [0.717, 1.165) is 6.20 Å². The van der Waals surface area contributed by atoms with Gasteiger partial charge in [-0.15, -0.1) is 0 Å². The number of rotatable bonds is 3. The Morgan fingerprint density at radius 3 is 2.78 bits per heavy atom. The Morgan fingerprint density at radius 1 is 1.39 bits per heavy atom. The van der Waals surface area contributed by atoms with Crippen molar-refractivity contribution < 1.29 is 20.1 Å². The smallest absolute Gasteiger partial charge is 0.166 e. The predicted octanol–water partition coefficient (Wildman–Crippen LogP) is -1.74. The van der Waals surface area contributed by atoms with E-state index in [4.69, 9.17) is 20.8 Å². The number of aliphatic hydroxyl groups excluding tert-OH is 3. The zero-order valence-corrected chi connectivity index (χ0v) is 11.8. The zero-order valence-electron chi connectivity index (χ0n) is 11.8. The maximum Gasteiger partial charge on any atom is 0.166 e. The Balaban J connectivity index is 2.08. The molecule has 0 unspecified atom stereocenters. The molecule has 10 nitrogen and oxygen atoms in total. The van der Waals surface area contributed by atoms with E-state index in [1.54, 1.807) is 0 Å². The topological polar surface area (TPSA) is 163 Å². The number of aliphatic hydroxyl groups is 3. The molecule has 0 bridgehead atoms. The fourth-order valence-corrected chi connectivity index (χ4v) is 2.51. The SMILES string of the molecule is N#C/C(=C/N)c1ncnc2c1ncn2[C@@H]1O[C@H](CO)[C@@H](O)[C@H]1O. The van der Waals surface area contributed by atoms with Crippen LogP contribution in [0, 0.1) is 11.3 Å². The largest absolute Gasteiger partial charge is 0.403 e. The summed E-state index contributed by atoms with van der Waals surface area (Å²) in [6.45, 7) is -0.434. The monoisotopic (exact) mass is 318 g/mol. The number of hydrogen-bond donors (Lipinski definition) is 4. The molecule has 2 aromatic heterocycles. The summed E-state index contributed by atoms with van der Waals surface area (Å²) in [4.78, 5) is 12.2. The van der Waals surface area contributed by atoms with Gasteiger partial charge in [-0.3, -0.25) is 4.57 Å². The summed E-state index contributed by atoms with van der Waals surface area (Å²) < 4.78 is 6.86. The molecule has 0 spiro atoms. The number of aromatic nitrogens is 4. The van der Waals surface area contributed by atoms with Crippen molar-refractivity contribution in [1.82, 2.24) is 19.5 Å². The number of imidazole rings is 1. The Labute approximate surface area is 130 Å². The second kappa shape index (κ2) is 5.90. The van der Waals surface area contributed by atoms with Crippen molar-refractivity contribution in [2.45, 2.75) is 24.5 Å². The highest BCUT2D eigenvalue weighted by atomic mass is 16.6. The second-order valence-corrected chi connectivity index (χ2v) is 4.97. The van der Waals surface area contributed by atoms with Crippen LogP contribution in [0.2, 0.25) is 0 Å². The van der Waals surface area contributed by atoms with Gasteiger partial charge in [0.1, 0.15) is 41.9 Å². The van der Waals surface area contributed by atoms with Crippen molar-refractivity contribution in [3.8, 4) is 6.07 Å². The molecule has 1 fully saturated rings. The van der Waals surface area contributed by atoms with Crippen LogP contribution in [0.15, 0.2) is 18.9 Å². The number of nitrogens with two attached hydrogens (primary N) is 1. The highest BCUT2D eigenvalue weighted by molar-refractivity contribution is 5.89. The lowest BCUT2D eigenvalue weighted by atomic mass is 10.1. The van der Waals surface area contributed by atoms with Crippen molar-refractivity contribution in [3.63, 3.8) is 0 Å². The fraction of sp³-hybridized carbons (Fsp3) is 0.385. The average Bonchev–Trinajstić information content (AvgIpc) is 3.11. The summed E-state index contributed by atoms with van der Waals surface area (Å²) in [5.74, 6) is 0. The van der Waals surface area contributed by atoms with E-state index in [1.165, 1.54) is 17.2 Å². The van der Waals surface area contributed by atoms with Crippen LogP contribution in [0.3, 0.4) is 0 Å². The van der Waals surface area contributed by atoms with Gasteiger partial charge in [-0.25, -0.2) is 15.0 Å². The number of ether oxygens (including phenoxy) is 1. The molecule has 0 saturated carbocycles. The minimum atomic E-state index is -1.26. The van der Waals surface area contributed by atoms with Crippen LogP contribution in [-0.4, -0.2) is 59.8 Å². The van der Waals surface area contributed by atoms with Crippen LogP contribution in [0.1, 0.15) is 11.9 Å². The van der Waals surface area contributed by atoms with E-state index in [2.05, 4.69) is 15.0 Å². The first kappa shape index (κ1) is 15.3. The highest BCUT2D eigenvalue weighted by Gasteiger charge is 2.44. The van der Waals surface area contributed by atoms with Crippen LogP contribution in [-0.2, 0) is 4.74 Å². The molecular weight excluding hydrogens is 304 g/mol. The third-order valence-electron chi connectivity index (χ3n) is 3.69. The molecule has 1 aliphatic rings. The number of nitrogens with zero attached hydrogens (tertiary/aromatic N) is 5. The lowest BCUT2D eigenvalue weighted by Gasteiger charge is -2.16. The van der Waals surface area contributed by atoms with E-state index >= 15 is 0 Å². The number of fused-ring (bicyclic) bond motifs is 1. The average molecular weight is 318 g/mol. The Morgan fingerprint density at radius 2 is 2.17 bits per heavy atom. The molecule has 0 aromatic carbocycles. The number of allylic oxidation sites excluding steroid dienone is 1. The van der Waals surface area contributed by atoms with Gasteiger partial charge in [-0.05, 0) is 0 Å². The molecule has 0 aliphatic carbocycles. The summed E-state index contributed by atoms with van der Waals surface area (Å²) in [7, 11) is 0. The highest BCUT2D eigenvalue weighted by Crippen LogP contribution is 2.32. The molecule has 10 heteroatoms. The van der Waals surface area contributed by atoms with E-state index in [9.17, 15) is 10.2 Å². The van der Waals surface area contributed by atoms with Crippen molar-refractivity contribution in [1.29, 1.82) is 5.26 Å². The fourth-order valence-electron chi connectivity index (χ4n) is 2.51. The first-order valence-corrected chi connectivity index (χ1v) is 6.74. The molecule has 23 heavy (non-hydrogen) atoms. The maximum atomic E-state index is 10.1. The molecule has 1 aliphatic heterocycles. The van der Waals surface area contributed by atoms with Crippen LogP contribution in [0.25, 0.3) is 16.7 Å². The summed E-state index contributed by atoms with van der Waals surface area (Å²) in [5, 5.41) is 38.2. The van der Waals surface area contributed by atoms with E-state index in [-0.39, 0.29) is 11.3 Å². The van der Waals surface area contributed by atoms with E-state index < -0.39 is 31.1 Å². The van der Waals surface area contributed by atoms with Gasteiger partial charge in [0.25, 0.3) is 0 Å². The molecule has 0 radical (unpaired) electrons. The summed E-state index contributed by atoms with van der Waals surface area (Å²) in [6.07, 6.45) is -0.666. The van der Waals surface area contributed by atoms with Crippen molar-refractivity contribution in [2.24, 2.45) is 5.73 Å². The lowest BCUT2D eigenvalue weighted by molar-refractivity contribution is -0.0511. The number of nitriles is 1. The van der Waals surface area contributed by atoms with Crippen LogP contribution < -0.4 is 5.73 Å². The van der Waals surface area contributed by atoms with Gasteiger partial charge in [0, 0.05) is 6.20 Å². The third kappa shape index (κ3) is 2.32.